The quantitative estimate of drug-likeness (QED) is 0.419. The fraction of sp³-hybridized carbons (Fsp3) is 0.379. The summed E-state index contributed by atoms with van der Waals surface area (Å²) >= 11 is 0. The number of nitrogens with zero attached hydrogens (tertiary/aromatic N) is 2. The Morgan fingerprint density at radius 3 is 2.40 bits per heavy atom. The minimum absolute atomic E-state index is 0.0254. The SMILES string of the molecule is O=C(NC(=O)C1CCOCC1)c1ccc2cc1OCCCCCCOc1cc(ccc1F)-c1nc(ncc1F)N2. The van der Waals surface area contributed by atoms with E-state index in [0.717, 1.165) is 19.0 Å². The van der Waals surface area contributed by atoms with E-state index in [1.807, 2.05) is 0 Å². The van der Waals surface area contributed by atoms with E-state index in [2.05, 4.69) is 20.6 Å². The fourth-order valence-corrected chi connectivity index (χ4v) is 4.59. The van der Waals surface area contributed by atoms with E-state index in [1.165, 1.54) is 18.2 Å². The Labute approximate surface area is 230 Å². The molecule has 2 aliphatic rings. The molecule has 0 saturated carbocycles. The minimum Gasteiger partial charge on any atom is -0.493 e. The van der Waals surface area contributed by atoms with Gasteiger partial charge < -0.3 is 19.5 Å². The topological polar surface area (TPSA) is 112 Å². The molecule has 1 aromatic heterocycles. The molecule has 2 N–H and O–H groups in total. The molecule has 3 heterocycles. The van der Waals surface area contributed by atoms with Crippen LogP contribution in [0.25, 0.3) is 11.3 Å². The summed E-state index contributed by atoms with van der Waals surface area (Å²) in [5.41, 5.74) is 1.02. The van der Waals surface area contributed by atoms with Gasteiger partial charge in [0.2, 0.25) is 11.9 Å². The van der Waals surface area contributed by atoms with Crippen molar-refractivity contribution in [2.24, 2.45) is 5.92 Å². The zero-order valence-electron chi connectivity index (χ0n) is 21.9. The number of nitrogens with one attached hydrogen (secondary N) is 2. The fourth-order valence-electron chi connectivity index (χ4n) is 4.59. The second kappa shape index (κ2) is 12.8. The highest BCUT2D eigenvalue weighted by Crippen LogP contribution is 2.30. The summed E-state index contributed by atoms with van der Waals surface area (Å²) in [5.74, 6) is -1.97. The molecule has 0 unspecified atom stereocenters. The molecule has 40 heavy (non-hydrogen) atoms. The van der Waals surface area contributed by atoms with Crippen molar-refractivity contribution in [1.82, 2.24) is 15.3 Å². The first kappa shape index (κ1) is 27.4. The molecule has 9 nitrogen and oxygen atoms in total. The lowest BCUT2D eigenvalue weighted by atomic mass is 9.99. The molecule has 5 rings (SSSR count). The number of anilines is 2. The summed E-state index contributed by atoms with van der Waals surface area (Å²) < 4.78 is 45.9. The minimum atomic E-state index is -0.678. The number of carbonyl (C=O) groups is 2. The van der Waals surface area contributed by atoms with Crippen LogP contribution in [0.4, 0.5) is 20.4 Å². The van der Waals surface area contributed by atoms with Crippen LogP contribution in [0.3, 0.4) is 0 Å². The molecule has 6 bridgehead atoms. The lowest BCUT2D eigenvalue weighted by molar-refractivity contribution is -0.126. The average molecular weight is 553 g/mol. The number of hydrogen-bond donors (Lipinski definition) is 2. The summed E-state index contributed by atoms with van der Waals surface area (Å²) in [4.78, 5) is 34.0. The Morgan fingerprint density at radius 2 is 1.62 bits per heavy atom. The second-order valence-electron chi connectivity index (χ2n) is 9.69. The molecule has 0 atom stereocenters. The van der Waals surface area contributed by atoms with Crippen LogP contribution < -0.4 is 20.1 Å². The molecule has 2 amide bonds. The number of ether oxygens (including phenoxy) is 3. The van der Waals surface area contributed by atoms with Crippen molar-refractivity contribution in [3.63, 3.8) is 0 Å². The zero-order valence-corrected chi connectivity index (χ0v) is 21.9. The predicted molar refractivity (Wildman–Crippen MR) is 143 cm³/mol. The van der Waals surface area contributed by atoms with E-state index in [-0.39, 0.29) is 40.5 Å². The molecule has 0 aliphatic carbocycles. The highest BCUT2D eigenvalue weighted by molar-refractivity contribution is 6.07. The monoisotopic (exact) mass is 552 g/mol. The van der Waals surface area contributed by atoms with Gasteiger partial charge in [-0.3, -0.25) is 14.9 Å². The standard InChI is InChI=1S/C29H30F2N4O5/c30-22-8-5-19-15-25(22)40-12-4-2-1-3-11-39-24-16-20(33-29-32-17-23(31)26(19)34-29)6-7-21(24)28(37)35-27(36)18-9-13-38-14-10-18/h5-8,15-18H,1-4,9-14H2,(H,32,33,34)(H,35,36,37). The van der Waals surface area contributed by atoms with Gasteiger partial charge in [0.25, 0.3) is 5.91 Å². The van der Waals surface area contributed by atoms with E-state index in [4.69, 9.17) is 14.2 Å². The van der Waals surface area contributed by atoms with Crippen molar-refractivity contribution in [2.45, 2.75) is 38.5 Å². The maximum atomic E-state index is 14.7. The first-order valence-electron chi connectivity index (χ1n) is 13.4. The molecular formula is C29H30F2N4O5. The maximum absolute atomic E-state index is 14.7. The average Bonchev–Trinajstić information content (AvgIpc) is 2.96. The van der Waals surface area contributed by atoms with Crippen LogP contribution in [0.5, 0.6) is 11.5 Å². The Morgan fingerprint density at radius 1 is 0.875 bits per heavy atom. The molecule has 210 valence electrons. The summed E-state index contributed by atoms with van der Waals surface area (Å²) in [6.45, 7) is 1.62. The van der Waals surface area contributed by atoms with Crippen LogP contribution in [0.1, 0.15) is 48.9 Å². The third kappa shape index (κ3) is 6.71. The van der Waals surface area contributed by atoms with Crippen molar-refractivity contribution in [3.8, 4) is 22.8 Å². The highest BCUT2D eigenvalue weighted by atomic mass is 19.1. The molecule has 0 spiro atoms. The van der Waals surface area contributed by atoms with Gasteiger partial charge in [0.1, 0.15) is 11.4 Å². The smallest absolute Gasteiger partial charge is 0.261 e. The number of fused-ring (bicyclic) bond motifs is 7. The van der Waals surface area contributed by atoms with Gasteiger partial charge in [0.05, 0.1) is 25.0 Å². The zero-order chi connectivity index (χ0) is 27.9. The third-order valence-electron chi connectivity index (χ3n) is 6.81. The molecule has 1 saturated heterocycles. The van der Waals surface area contributed by atoms with Crippen molar-refractivity contribution >= 4 is 23.5 Å². The van der Waals surface area contributed by atoms with Gasteiger partial charge in [0, 0.05) is 36.4 Å². The third-order valence-corrected chi connectivity index (χ3v) is 6.81. The summed E-state index contributed by atoms with van der Waals surface area (Å²) in [6, 6.07) is 8.86. The van der Waals surface area contributed by atoms with E-state index in [0.29, 0.717) is 63.4 Å². The van der Waals surface area contributed by atoms with Gasteiger partial charge in [-0.2, -0.15) is 0 Å². The Kier molecular flexibility index (Phi) is 8.80. The number of amides is 2. The first-order valence-corrected chi connectivity index (χ1v) is 13.4. The van der Waals surface area contributed by atoms with E-state index >= 15 is 0 Å². The maximum Gasteiger partial charge on any atom is 0.261 e. The highest BCUT2D eigenvalue weighted by Gasteiger charge is 2.25. The number of benzene rings is 2. The first-order chi connectivity index (χ1) is 19.5. The molecule has 11 heteroatoms. The molecule has 1 fully saturated rings. The number of rotatable bonds is 2. The molecular weight excluding hydrogens is 522 g/mol. The van der Waals surface area contributed by atoms with E-state index < -0.39 is 17.5 Å². The summed E-state index contributed by atoms with van der Waals surface area (Å²) in [7, 11) is 0. The van der Waals surface area contributed by atoms with E-state index in [1.54, 1.807) is 18.2 Å². The van der Waals surface area contributed by atoms with Crippen LogP contribution in [0, 0.1) is 17.6 Å². The normalized spacial score (nSPS) is 16.4. The van der Waals surface area contributed by atoms with Crippen molar-refractivity contribution in [3.05, 3.63) is 59.8 Å². The lowest BCUT2D eigenvalue weighted by Crippen LogP contribution is -2.38. The van der Waals surface area contributed by atoms with Gasteiger partial charge in [-0.25, -0.2) is 18.7 Å². The van der Waals surface area contributed by atoms with Gasteiger partial charge >= 0.3 is 0 Å². The Balaban J connectivity index is 1.42. The predicted octanol–water partition coefficient (Wildman–Crippen LogP) is 5.18. The van der Waals surface area contributed by atoms with Crippen LogP contribution >= 0.6 is 0 Å². The molecule has 2 aliphatic heterocycles. The van der Waals surface area contributed by atoms with Gasteiger partial charge in [0.15, 0.2) is 17.4 Å². The van der Waals surface area contributed by atoms with Crippen LogP contribution in [-0.2, 0) is 9.53 Å². The van der Waals surface area contributed by atoms with Gasteiger partial charge in [-0.15, -0.1) is 0 Å². The van der Waals surface area contributed by atoms with Gasteiger partial charge in [-0.05, 0) is 68.9 Å². The molecule has 0 radical (unpaired) electrons. The largest absolute Gasteiger partial charge is 0.493 e. The Hall–Kier alpha value is -4.12. The summed E-state index contributed by atoms with van der Waals surface area (Å²) in [5, 5.41) is 5.50. The lowest BCUT2D eigenvalue weighted by Gasteiger charge is -2.21. The van der Waals surface area contributed by atoms with Crippen molar-refractivity contribution < 1.29 is 32.6 Å². The molecule has 2 aromatic carbocycles. The van der Waals surface area contributed by atoms with Crippen molar-refractivity contribution in [1.29, 1.82) is 0 Å². The molecule has 3 aromatic rings. The van der Waals surface area contributed by atoms with Gasteiger partial charge in [-0.1, -0.05) is 0 Å². The number of aromatic nitrogens is 2. The number of carbonyl (C=O) groups excluding carboxylic acids is 2. The number of hydrogen-bond acceptors (Lipinski definition) is 8. The van der Waals surface area contributed by atoms with Crippen molar-refractivity contribution in [2.75, 3.05) is 31.7 Å². The second-order valence-corrected chi connectivity index (χ2v) is 9.69. The summed E-state index contributed by atoms with van der Waals surface area (Å²) in [6.07, 6.45) is 5.21. The van der Waals surface area contributed by atoms with Crippen LogP contribution in [-0.4, -0.2) is 48.2 Å². The number of imide groups is 1. The number of halogens is 2. The van der Waals surface area contributed by atoms with E-state index in [9.17, 15) is 18.4 Å². The van der Waals surface area contributed by atoms with Crippen LogP contribution in [0.2, 0.25) is 0 Å². The Bertz CT molecular complexity index is 1380. The van der Waals surface area contributed by atoms with Crippen LogP contribution in [0.15, 0.2) is 42.6 Å².